The number of amides is 1. The second-order valence-corrected chi connectivity index (χ2v) is 8.58. The average Bonchev–Trinajstić information content (AvgIpc) is 3.15. The molecule has 0 saturated carbocycles. The van der Waals surface area contributed by atoms with E-state index < -0.39 is 22.7 Å². The molecule has 0 spiro atoms. The van der Waals surface area contributed by atoms with Gasteiger partial charge in [-0.15, -0.1) is 0 Å². The lowest BCUT2D eigenvalue weighted by Crippen LogP contribution is -2.33. The van der Waals surface area contributed by atoms with Crippen LogP contribution in [0.1, 0.15) is 37.4 Å². The van der Waals surface area contributed by atoms with Gasteiger partial charge in [-0.2, -0.15) is 0 Å². The Kier molecular flexibility index (Phi) is 7.54. The van der Waals surface area contributed by atoms with Gasteiger partial charge in [0.15, 0.2) is 11.5 Å². The number of benzene rings is 2. The van der Waals surface area contributed by atoms with Crippen molar-refractivity contribution in [2.45, 2.75) is 26.3 Å². The number of ketones is 1. The maximum absolute atomic E-state index is 13.2. The molecule has 10 heteroatoms. The fourth-order valence-electron chi connectivity index (χ4n) is 4.59. The molecule has 2 aliphatic rings. The third kappa shape index (κ3) is 4.90. The predicted octanol–water partition coefficient (Wildman–Crippen LogP) is 3.52. The topological polar surface area (TPSA) is 122 Å². The van der Waals surface area contributed by atoms with Gasteiger partial charge in [-0.3, -0.25) is 19.7 Å². The van der Waals surface area contributed by atoms with Crippen LogP contribution in [0.5, 0.6) is 11.5 Å². The molecule has 1 atom stereocenters. The van der Waals surface area contributed by atoms with Gasteiger partial charge in [0.2, 0.25) is 0 Å². The molecule has 4 rings (SSSR count). The number of nitro groups is 1. The molecule has 2 heterocycles. The smallest absolute Gasteiger partial charge is 0.295 e. The van der Waals surface area contributed by atoms with Crippen molar-refractivity contribution in [3.63, 3.8) is 0 Å². The van der Waals surface area contributed by atoms with Crippen LogP contribution in [0, 0.1) is 10.1 Å². The number of Topliss-reactive ketones (excluding diaryl/α,β-unsaturated/α-hetero) is 1. The van der Waals surface area contributed by atoms with Gasteiger partial charge >= 0.3 is 0 Å². The quantitative estimate of drug-likeness (QED) is 0.184. The van der Waals surface area contributed by atoms with Crippen molar-refractivity contribution >= 4 is 23.1 Å². The van der Waals surface area contributed by atoms with Gasteiger partial charge < -0.3 is 24.4 Å². The van der Waals surface area contributed by atoms with E-state index in [1.807, 2.05) is 0 Å². The number of hydrogen-bond acceptors (Lipinski definition) is 8. The lowest BCUT2D eigenvalue weighted by molar-refractivity contribution is -0.384. The summed E-state index contributed by atoms with van der Waals surface area (Å²) in [4.78, 5) is 40.6. The van der Waals surface area contributed by atoms with Crippen molar-refractivity contribution in [2.75, 3.05) is 39.4 Å². The van der Waals surface area contributed by atoms with Gasteiger partial charge in [-0.05, 0) is 62.0 Å². The second kappa shape index (κ2) is 10.8. The molecule has 2 aromatic rings. The summed E-state index contributed by atoms with van der Waals surface area (Å²) in [5, 5.41) is 22.4. The minimum absolute atomic E-state index is 0.0617. The Bertz CT molecular complexity index is 1190. The average molecular weight is 496 g/mol. The monoisotopic (exact) mass is 495 g/mol. The first-order valence-electron chi connectivity index (χ1n) is 12.0. The molecule has 2 aliphatic heterocycles. The normalized spacial score (nSPS) is 18.6. The Hall–Kier alpha value is -3.92. The van der Waals surface area contributed by atoms with Crippen LogP contribution in [0.4, 0.5) is 5.69 Å². The van der Waals surface area contributed by atoms with Crippen LogP contribution in [0.2, 0.25) is 0 Å². The zero-order valence-corrected chi connectivity index (χ0v) is 20.3. The first kappa shape index (κ1) is 25.2. The summed E-state index contributed by atoms with van der Waals surface area (Å²) in [6, 6.07) is 9.63. The molecule has 0 radical (unpaired) electrons. The van der Waals surface area contributed by atoms with E-state index >= 15 is 0 Å². The van der Waals surface area contributed by atoms with Gasteiger partial charge in [0.25, 0.3) is 17.4 Å². The molecule has 0 aliphatic carbocycles. The maximum atomic E-state index is 13.2. The van der Waals surface area contributed by atoms with E-state index in [0.717, 1.165) is 19.6 Å². The fraction of sp³-hybridized carbons (Fsp3) is 0.385. The van der Waals surface area contributed by atoms with E-state index in [1.54, 1.807) is 18.2 Å². The van der Waals surface area contributed by atoms with Crippen molar-refractivity contribution in [2.24, 2.45) is 0 Å². The summed E-state index contributed by atoms with van der Waals surface area (Å²) >= 11 is 0. The van der Waals surface area contributed by atoms with Crippen LogP contribution < -0.4 is 9.47 Å². The Balaban J connectivity index is 1.74. The van der Waals surface area contributed by atoms with Gasteiger partial charge in [0.05, 0.1) is 16.5 Å². The van der Waals surface area contributed by atoms with Gasteiger partial charge in [0, 0.05) is 24.2 Å². The standard InChI is InChI=1S/C26H29N3O7/c1-3-27(4-2)12-5-13-28-23(17-6-9-19(10-7-17)29(33)34)22(25(31)26(28)32)24(30)18-8-11-20-21(16-18)36-15-14-35-20/h6-11,16,23,30H,3-5,12-15H2,1-2H3/b24-22+/t23-/m1/s1. The van der Waals surface area contributed by atoms with E-state index in [0.29, 0.717) is 48.8 Å². The van der Waals surface area contributed by atoms with Crippen LogP contribution in [-0.4, -0.2) is 70.9 Å². The third-order valence-corrected chi connectivity index (χ3v) is 6.54. The van der Waals surface area contributed by atoms with Crippen LogP contribution in [0.15, 0.2) is 48.0 Å². The van der Waals surface area contributed by atoms with Crippen LogP contribution in [0.3, 0.4) is 0 Å². The summed E-state index contributed by atoms with van der Waals surface area (Å²) < 4.78 is 11.1. The molecule has 1 saturated heterocycles. The first-order valence-corrected chi connectivity index (χ1v) is 12.0. The first-order chi connectivity index (χ1) is 17.3. The van der Waals surface area contributed by atoms with E-state index in [4.69, 9.17) is 9.47 Å². The minimum Gasteiger partial charge on any atom is -0.507 e. The largest absolute Gasteiger partial charge is 0.507 e. The lowest BCUT2D eigenvalue weighted by Gasteiger charge is -2.27. The second-order valence-electron chi connectivity index (χ2n) is 8.58. The Labute approximate surface area is 208 Å². The highest BCUT2D eigenvalue weighted by atomic mass is 16.6. The minimum atomic E-state index is -0.879. The Morgan fingerprint density at radius 1 is 1.08 bits per heavy atom. The van der Waals surface area contributed by atoms with E-state index in [1.165, 1.54) is 29.2 Å². The highest BCUT2D eigenvalue weighted by Gasteiger charge is 2.46. The molecule has 0 bridgehead atoms. The molecule has 1 N–H and O–H groups in total. The number of aliphatic hydroxyl groups is 1. The summed E-state index contributed by atoms with van der Waals surface area (Å²) in [6.07, 6.45) is 0.627. The summed E-state index contributed by atoms with van der Waals surface area (Å²) in [7, 11) is 0. The molecular formula is C26H29N3O7. The molecule has 190 valence electrons. The van der Waals surface area contributed by atoms with E-state index in [-0.39, 0.29) is 17.0 Å². The number of carbonyl (C=O) groups is 2. The Morgan fingerprint density at radius 2 is 1.75 bits per heavy atom. The van der Waals surface area contributed by atoms with E-state index in [9.17, 15) is 24.8 Å². The fourth-order valence-corrected chi connectivity index (χ4v) is 4.59. The number of nitrogens with zero attached hydrogens (tertiary/aromatic N) is 3. The number of carbonyl (C=O) groups excluding carboxylic acids is 2. The number of aliphatic hydroxyl groups excluding tert-OH is 1. The maximum Gasteiger partial charge on any atom is 0.295 e. The number of non-ortho nitro benzene ring substituents is 1. The third-order valence-electron chi connectivity index (χ3n) is 6.54. The zero-order chi connectivity index (χ0) is 25.8. The van der Waals surface area contributed by atoms with E-state index in [2.05, 4.69) is 18.7 Å². The Morgan fingerprint density at radius 3 is 2.39 bits per heavy atom. The highest BCUT2D eigenvalue weighted by Crippen LogP contribution is 2.41. The molecule has 2 aromatic carbocycles. The molecule has 1 fully saturated rings. The number of ether oxygens (including phenoxy) is 2. The molecule has 0 aromatic heterocycles. The van der Waals surface area contributed by atoms with Gasteiger partial charge in [0.1, 0.15) is 19.0 Å². The predicted molar refractivity (Wildman–Crippen MR) is 132 cm³/mol. The van der Waals surface area contributed by atoms with Crippen LogP contribution >= 0.6 is 0 Å². The number of hydrogen-bond donors (Lipinski definition) is 1. The SMILES string of the molecule is CCN(CC)CCCN1C(=O)C(=O)/C(=C(/O)c2ccc3c(c2)OCCO3)[C@H]1c1ccc([N+](=O)[O-])cc1. The van der Waals surface area contributed by atoms with Crippen molar-refractivity contribution < 1.29 is 29.1 Å². The summed E-state index contributed by atoms with van der Waals surface area (Å²) in [6.45, 7) is 7.65. The molecule has 36 heavy (non-hydrogen) atoms. The van der Waals surface area contributed by atoms with Crippen LogP contribution in [-0.2, 0) is 9.59 Å². The van der Waals surface area contributed by atoms with Crippen molar-refractivity contribution in [3.8, 4) is 11.5 Å². The highest BCUT2D eigenvalue weighted by molar-refractivity contribution is 6.46. The van der Waals surface area contributed by atoms with Gasteiger partial charge in [-0.25, -0.2) is 0 Å². The summed E-state index contributed by atoms with van der Waals surface area (Å²) in [5.41, 5.74) is 0.645. The van der Waals surface area contributed by atoms with Crippen molar-refractivity contribution in [3.05, 3.63) is 69.3 Å². The number of nitro benzene ring substituents is 1. The number of likely N-dealkylation sites (tertiary alicyclic amines) is 1. The molecular weight excluding hydrogens is 466 g/mol. The number of rotatable bonds is 9. The summed E-state index contributed by atoms with van der Waals surface area (Å²) in [5.74, 6) is -0.877. The lowest BCUT2D eigenvalue weighted by atomic mass is 9.95. The molecule has 10 nitrogen and oxygen atoms in total. The van der Waals surface area contributed by atoms with Crippen LogP contribution in [0.25, 0.3) is 5.76 Å². The molecule has 0 unspecified atom stereocenters. The van der Waals surface area contributed by atoms with Gasteiger partial charge in [-0.1, -0.05) is 13.8 Å². The van der Waals surface area contributed by atoms with Crippen molar-refractivity contribution in [1.82, 2.24) is 9.80 Å². The zero-order valence-electron chi connectivity index (χ0n) is 20.3. The number of fused-ring (bicyclic) bond motifs is 1. The molecule has 1 amide bonds. The van der Waals surface area contributed by atoms with Crippen molar-refractivity contribution in [1.29, 1.82) is 0 Å².